The van der Waals surface area contributed by atoms with Crippen molar-refractivity contribution in [2.75, 3.05) is 7.05 Å². The number of hydrogen-bond acceptors (Lipinski definition) is 3. The van der Waals surface area contributed by atoms with Crippen LogP contribution >= 0.6 is 0 Å². The van der Waals surface area contributed by atoms with Crippen LogP contribution in [0.4, 0.5) is 0 Å². The van der Waals surface area contributed by atoms with Crippen LogP contribution in [0.3, 0.4) is 0 Å². The normalized spacial score (nSPS) is 9.92. The van der Waals surface area contributed by atoms with Crippen LogP contribution in [0.15, 0.2) is 16.5 Å². The average molecular weight is 168 g/mol. The molecule has 1 heterocycles. The third-order valence-corrected chi connectivity index (χ3v) is 1.51. The van der Waals surface area contributed by atoms with Crippen LogP contribution in [-0.2, 0) is 11.2 Å². The Morgan fingerprint density at radius 1 is 1.67 bits per heavy atom. The molecule has 12 heavy (non-hydrogen) atoms. The molecule has 0 radical (unpaired) electrons. The second-order valence-corrected chi connectivity index (χ2v) is 2.69. The molecular formula is C8H12N2O2. The fourth-order valence-corrected chi connectivity index (χ4v) is 0.854. The first-order valence-electron chi connectivity index (χ1n) is 3.66. The smallest absolute Gasteiger partial charge is 0.243 e. The molecule has 0 spiro atoms. The Kier molecular flexibility index (Phi) is 2.50. The van der Waals surface area contributed by atoms with Crippen LogP contribution in [0.5, 0.6) is 0 Å². The predicted octanol–water partition coefficient (Wildman–Crippen LogP) is 0.463. The number of rotatable bonds is 2. The van der Waals surface area contributed by atoms with Crippen LogP contribution in [0, 0.1) is 6.92 Å². The standard InChI is InChI=1S/C8H12N2O2/c1-6-3-4-7(12-6)5-8(11)10(2)9/h3-4H,5,9H2,1-2H3. The van der Waals surface area contributed by atoms with Crippen LogP contribution in [0.2, 0.25) is 0 Å². The number of nitrogens with zero attached hydrogens (tertiary/aromatic N) is 1. The maximum Gasteiger partial charge on any atom is 0.243 e. The van der Waals surface area contributed by atoms with Crippen molar-refractivity contribution >= 4 is 5.91 Å². The van der Waals surface area contributed by atoms with Crippen LogP contribution in [-0.4, -0.2) is 18.0 Å². The summed E-state index contributed by atoms with van der Waals surface area (Å²) in [4.78, 5) is 11.1. The number of hydrazine groups is 1. The minimum Gasteiger partial charge on any atom is -0.466 e. The maximum atomic E-state index is 11.1. The number of furan rings is 1. The number of aryl methyl sites for hydroxylation is 1. The van der Waals surface area contributed by atoms with Gasteiger partial charge in [0.05, 0.1) is 6.42 Å². The Labute approximate surface area is 70.9 Å². The van der Waals surface area contributed by atoms with E-state index in [1.165, 1.54) is 7.05 Å². The third-order valence-electron chi connectivity index (χ3n) is 1.51. The van der Waals surface area contributed by atoms with Gasteiger partial charge >= 0.3 is 0 Å². The van der Waals surface area contributed by atoms with Crippen molar-refractivity contribution < 1.29 is 9.21 Å². The molecule has 0 bridgehead atoms. The van der Waals surface area contributed by atoms with Crippen molar-refractivity contribution in [1.29, 1.82) is 0 Å². The Morgan fingerprint density at radius 2 is 2.33 bits per heavy atom. The zero-order valence-corrected chi connectivity index (χ0v) is 7.20. The van der Waals surface area contributed by atoms with Gasteiger partial charge in [0.1, 0.15) is 11.5 Å². The lowest BCUT2D eigenvalue weighted by Crippen LogP contribution is -2.34. The van der Waals surface area contributed by atoms with Crippen LogP contribution < -0.4 is 5.84 Å². The molecule has 0 fully saturated rings. The van der Waals surface area contributed by atoms with Gasteiger partial charge < -0.3 is 4.42 Å². The summed E-state index contributed by atoms with van der Waals surface area (Å²) in [5.41, 5.74) is 0. The Hall–Kier alpha value is -1.29. The van der Waals surface area contributed by atoms with Crippen molar-refractivity contribution in [3.8, 4) is 0 Å². The van der Waals surface area contributed by atoms with E-state index in [2.05, 4.69) is 0 Å². The van der Waals surface area contributed by atoms with E-state index >= 15 is 0 Å². The van der Waals surface area contributed by atoms with E-state index in [0.29, 0.717) is 5.76 Å². The van der Waals surface area contributed by atoms with Gasteiger partial charge in [-0.15, -0.1) is 0 Å². The molecule has 0 saturated carbocycles. The summed E-state index contributed by atoms with van der Waals surface area (Å²) in [6.07, 6.45) is 0.223. The summed E-state index contributed by atoms with van der Waals surface area (Å²) in [5.74, 6) is 6.52. The van der Waals surface area contributed by atoms with E-state index in [-0.39, 0.29) is 12.3 Å². The van der Waals surface area contributed by atoms with Gasteiger partial charge in [0, 0.05) is 7.05 Å². The molecule has 1 rings (SSSR count). The number of carbonyl (C=O) groups is 1. The second kappa shape index (κ2) is 3.40. The number of hydrogen-bond donors (Lipinski definition) is 1. The number of nitrogens with two attached hydrogens (primary N) is 1. The molecule has 1 aromatic heterocycles. The van der Waals surface area contributed by atoms with Gasteiger partial charge in [-0.1, -0.05) is 0 Å². The van der Waals surface area contributed by atoms with Gasteiger partial charge in [-0.2, -0.15) is 0 Å². The zero-order chi connectivity index (χ0) is 9.14. The number of carbonyl (C=O) groups excluding carboxylic acids is 1. The average Bonchev–Trinajstić information content (AvgIpc) is 2.35. The molecule has 4 nitrogen and oxygen atoms in total. The molecule has 0 aliphatic heterocycles. The monoisotopic (exact) mass is 168 g/mol. The van der Waals surface area contributed by atoms with Crippen LogP contribution in [0.1, 0.15) is 11.5 Å². The molecule has 66 valence electrons. The van der Waals surface area contributed by atoms with Gasteiger partial charge in [-0.25, -0.2) is 5.84 Å². The molecular weight excluding hydrogens is 156 g/mol. The van der Waals surface area contributed by atoms with Crippen LogP contribution in [0.25, 0.3) is 0 Å². The molecule has 0 aliphatic rings. The molecule has 2 N–H and O–H groups in total. The highest BCUT2D eigenvalue weighted by Crippen LogP contribution is 2.07. The van der Waals surface area contributed by atoms with Crippen molar-refractivity contribution in [3.63, 3.8) is 0 Å². The first kappa shape index (κ1) is 8.80. The predicted molar refractivity (Wildman–Crippen MR) is 44.1 cm³/mol. The summed E-state index contributed by atoms with van der Waals surface area (Å²) in [6, 6.07) is 3.59. The summed E-state index contributed by atoms with van der Waals surface area (Å²) < 4.78 is 5.20. The van der Waals surface area contributed by atoms with Crippen molar-refractivity contribution in [3.05, 3.63) is 23.7 Å². The van der Waals surface area contributed by atoms with Crippen molar-refractivity contribution in [2.24, 2.45) is 5.84 Å². The molecule has 0 saturated heterocycles. The highest BCUT2D eigenvalue weighted by atomic mass is 16.3. The van der Waals surface area contributed by atoms with Crippen molar-refractivity contribution in [2.45, 2.75) is 13.3 Å². The number of likely N-dealkylation sites (N-methyl/N-ethyl adjacent to an activating group) is 1. The van der Waals surface area contributed by atoms with E-state index in [0.717, 1.165) is 10.8 Å². The Balaban J connectivity index is 2.58. The molecule has 1 aromatic rings. The summed E-state index contributed by atoms with van der Waals surface area (Å²) in [7, 11) is 1.51. The Morgan fingerprint density at radius 3 is 2.75 bits per heavy atom. The fraction of sp³-hybridized carbons (Fsp3) is 0.375. The van der Waals surface area contributed by atoms with Gasteiger partial charge in [-0.3, -0.25) is 9.80 Å². The van der Waals surface area contributed by atoms with Gasteiger partial charge in [0.25, 0.3) is 0 Å². The summed E-state index contributed by atoms with van der Waals surface area (Å²) >= 11 is 0. The quantitative estimate of drug-likeness (QED) is 0.396. The van der Waals surface area contributed by atoms with Gasteiger partial charge in [0.15, 0.2) is 0 Å². The van der Waals surface area contributed by atoms with Gasteiger partial charge in [-0.05, 0) is 19.1 Å². The molecule has 0 aromatic carbocycles. The van der Waals surface area contributed by atoms with Gasteiger partial charge in [0.2, 0.25) is 5.91 Å². The first-order valence-corrected chi connectivity index (χ1v) is 3.66. The summed E-state index contributed by atoms with van der Waals surface area (Å²) in [5, 5.41) is 1.05. The van der Waals surface area contributed by atoms with E-state index in [1.807, 2.05) is 13.0 Å². The second-order valence-electron chi connectivity index (χ2n) is 2.69. The number of amides is 1. The lowest BCUT2D eigenvalue weighted by molar-refractivity contribution is -0.129. The summed E-state index contributed by atoms with van der Waals surface area (Å²) in [6.45, 7) is 1.83. The zero-order valence-electron chi connectivity index (χ0n) is 7.20. The lowest BCUT2D eigenvalue weighted by atomic mass is 10.3. The molecule has 1 amide bonds. The first-order chi connectivity index (χ1) is 5.59. The third kappa shape index (κ3) is 2.10. The largest absolute Gasteiger partial charge is 0.466 e. The Bertz CT molecular complexity index is 278. The topological polar surface area (TPSA) is 59.5 Å². The van der Waals surface area contributed by atoms with E-state index in [1.54, 1.807) is 6.07 Å². The van der Waals surface area contributed by atoms with E-state index < -0.39 is 0 Å². The lowest BCUT2D eigenvalue weighted by Gasteiger charge is -2.07. The van der Waals surface area contributed by atoms with Crippen molar-refractivity contribution in [1.82, 2.24) is 5.01 Å². The highest BCUT2D eigenvalue weighted by molar-refractivity contribution is 5.77. The minimum absolute atomic E-state index is 0.163. The maximum absolute atomic E-state index is 11.1. The van der Waals surface area contributed by atoms with E-state index in [9.17, 15) is 4.79 Å². The van der Waals surface area contributed by atoms with E-state index in [4.69, 9.17) is 10.3 Å². The molecule has 4 heteroatoms. The molecule has 0 aliphatic carbocycles. The SMILES string of the molecule is Cc1ccc(CC(=O)N(C)N)o1. The fourth-order valence-electron chi connectivity index (χ4n) is 0.854. The molecule has 0 unspecified atom stereocenters. The minimum atomic E-state index is -0.163. The molecule has 0 atom stereocenters. The highest BCUT2D eigenvalue weighted by Gasteiger charge is 2.08.